The number of nitrogens with zero attached hydrogens (tertiary/aromatic N) is 2. The van der Waals surface area contributed by atoms with E-state index in [1.165, 1.54) is 4.88 Å². The Kier molecular flexibility index (Phi) is 2.87. The van der Waals surface area contributed by atoms with Gasteiger partial charge in [0.15, 0.2) is 5.13 Å². The molecule has 0 radical (unpaired) electrons. The van der Waals surface area contributed by atoms with Crippen LogP contribution >= 0.6 is 11.3 Å². The van der Waals surface area contributed by atoms with Gasteiger partial charge in [0, 0.05) is 24.7 Å². The molecule has 0 atom stereocenters. The van der Waals surface area contributed by atoms with Gasteiger partial charge >= 0.3 is 0 Å². The summed E-state index contributed by atoms with van der Waals surface area (Å²) in [6.07, 6.45) is 1.90. The van der Waals surface area contributed by atoms with Gasteiger partial charge in [0.25, 0.3) is 0 Å². The van der Waals surface area contributed by atoms with Crippen LogP contribution in [0.2, 0.25) is 0 Å². The molecule has 1 rings (SSSR count). The average molecular weight is 182 g/mol. The van der Waals surface area contributed by atoms with E-state index < -0.39 is 0 Å². The molecule has 0 saturated heterocycles. The summed E-state index contributed by atoms with van der Waals surface area (Å²) in [4.78, 5) is 7.63. The van der Waals surface area contributed by atoms with Gasteiger partial charge in [0.2, 0.25) is 0 Å². The fourth-order valence-corrected chi connectivity index (χ4v) is 1.71. The van der Waals surface area contributed by atoms with Gasteiger partial charge in [-0.25, -0.2) is 4.98 Å². The Morgan fingerprint density at radius 3 is 2.83 bits per heavy atom. The molecule has 0 fully saturated rings. The Morgan fingerprint density at radius 1 is 1.75 bits per heavy atom. The van der Waals surface area contributed by atoms with E-state index in [2.05, 4.69) is 23.4 Å². The molecule has 2 nitrogen and oxygen atoms in total. The van der Waals surface area contributed by atoms with Crippen LogP contribution in [-0.2, 0) is 0 Å². The first-order valence-corrected chi connectivity index (χ1v) is 4.69. The molecule has 0 saturated carbocycles. The van der Waals surface area contributed by atoms with Gasteiger partial charge in [-0.2, -0.15) is 0 Å². The van der Waals surface area contributed by atoms with Crippen LogP contribution in [0.5, 0.6) is 0 Å². The van der Waals surface area contributed by atoms with Crippen LogP contribution in [0.1, 0.15) is 11.8 Å². The van der Waals surface area contributed by atoms with Crippen molar-refractivity contribution in [3.8, 4) is 0 Å². The Morgan fingerprint density at radius 2 is 2.42 bits per heavy atom. The highest BCUT2D eigenvalue weighted by molar-refractivity contribution is 7.15. The molecule has 0 aliphatic carbocycles. The second kappa shape index (κ2) is 3.72. The van der Waals surface area contributed by atoms with E-state index in [-0.39, 0.29) is 0 Å². The van der Waals surface area contributed by atoms with E-state index >= 15 is 0 Å². The summed E-state index contributed by atoms with van der Waals surface area (Å²) in [5.74, 6) is 0. The molecule has 12 heavy (non-hydrogen) atoms. The molecule has 0 amide bonds. The van der Waals surface area contributed by atoms with Crippen molar-refractivity contribution >= 4 is 16.5 Å². The molecule has 0 bridgehead atoms. The van der Waals surface area contributed by atoms with Crippen LogP contribution < -0.4 is 4.90 Å². The number of aryl methyl sites for hydroxylation is 1. The third kappa shape index (κ3) is 2.34. The van der Waals surface area contributed by atoms with E-state index in [9.17, 15) is 0 Å². The predicted molar refractivity (Wildman–Crippen MR) is 54.9 cm³/mol. The third-order valence-corrected chi connectivity index (χ3v) is 2.47. The second-order valence-corrected chi connectivity index (χ2v) is 4.28. The van der Waals surface area contributed by atoms with Gasteiger partial charge in [-0.05, 0) is 13.8 Å². The normalized spacial score (nSPS) is 9.92. The molecule has 0 N–H and O–H groups in total. The van der Waals surface area contributed by atoms with E-state index in [1.54, 1.807) is 11.3 Å². The van der Waals surface area contributed by atoms with Gasteiger partial charge in [0.1, 0.15) is 0 Å². The minimum absolute atomic E-state index is 0.882. The number of likely N-dealkylation sites (N-methyl/N-ethyl adjacent to an activating group) is 1. The summed E-state index contributed by atoms with van der Waals surface area (Å²) in [6.45, 7) is 8.83. The van der Waals surface area contributed by atoms with Gasteiger partial charge in [-0.3, -0.25) is 0 Å². The smallest absolute Gasteiger partial charge is 0.185 e. The molecule has 66 valence electrons. The van der Waals surface area contributed by atoms with Crippen molar-refractivity contribution in [2.75, 3.05) is 18.5 Å². The highest BCUT2D eigenvalue weighted by Crippen LogP contribution is 2.20. The molecular formula is C9H14N2S. The number of anilines is 1. The maximum absolute atomic E-state index is 4.27. The number of aromatic nitrogens is 1. The molecule has 1 aromatic rings. The standard InChI is InChI=1S/C9H14N2S/c1-7(2)6-11(4)9-10-5-8(3)12-9/h5H,1,6H2,2-4H3. The Hall–Kier alpha value is -0.830. The fraction of sp³-hybridized carbons (Fsp3) is 0.444. The van der Waals surface area contributed by atoms with Crippen molar-refractivity contribution < 1.29 is 0 Å². The topological polar surface area (TPSA) is 16.1 Å². The lowest BCUT2D eigenvalue weighted by Crippen LogP contribution is -2.18. The first-order chi connectivity index (χ1) is 5.59. The van der Waals surface area contributed by atoms with Crippen LogP contribution in [0.4, 0.5) is 5.13 Å². The zero-order valence-corrected chi connectivity index (χ0v) is 8.61. The molecular weight excluding hydrogens is 168 g/mol. The quantitative estimate of drug-likeness (QED) is 0.668. The van der Waals surface area contributed by atoms with Gasteiger partial charge in [-0.1, -0.05) is 12.2 Å². The van der Waals surface area contributed by atoms with E-state index in [0.29, 0.717) is 0 Å². The molecule has 0 aliphatic rings. The lowest BCUT2D eigenvalue weighted by Gasteiger charge is -2.14. The lowest BCUT2D eigenvalue weighted by molar-refractivity contribution is 0.974. The van der Waals surface area contributed by atoms with Crippen LogP contribution in [0.15, 0.2) is 18.3 Å². The van der Waals surface area contributed by atoms with Crippen molar-refractivity contribution in [3.05, 3.63) is 23.2 Å². The minimum atomic E-state index is 0.882. The van der Waals surface area contributed by atoms with Crippen molar-refractivity contribution in [1.29, 1.82) is 0 Å². The molecule has 0 spiro atoms. The maximum atomic E-state index is 4.27. The zero-order chi connectivity index (χ0) is 9.14. The Labute approximate surface area is 77.6 Å². The Balaban J connectivity index is 2.64. The third-order valence-electron chi connectivity index (χ3n) is 1.44. The summed E-state index contributed by atoms with van der Waals surface area (Å²) < 4.78 is 0. The summed E-state index contributed by atoms with van der Waals surface area (Å²) >= 11 is 1.71. The minimum Gasteiger partial charge on any atom is -0.347 e. The van der Waals surface area contributed by atoms with Gasteiger partial charge < -0.3 is 4.90 Å². The number of hydrogen-bond acceptors (Lipinski definition) is 3. The van der Waals surface area contributed by atoms with E-state index in [0.717, 1.165) is 17.2 Å². The van der Waals surface area contributed by atoms with Gasteiger partial charge in [-0.15, -0.1) is 11.3 Å². The SMILES string of the molecule is C=C(C)CN(C)c1ncc(C)s1. The highest BCUT2D eigenvalue weighted by Gasteiger charge is 2.03. The number of rotatable bonds is 3. The van der Waals surface area contributed by atoms with Crippen LogP contribution in [0.3, 0.4) is 0 Å². The molecule has 0 unspecified atom stereocenters. The summed E-state index contributed by atoms with van der Waals surface area (Å²) in [6, 6.07) is 0. The lowest BCUT2D eigenvalue weighted by atomic mass is 10.3. The maximum Gasteiger partial charge on any atom is 0.185 e. The molecule has 0 aromatic carbocycles. The fourth-order valence-electron chi connectivity index (χ4n) is 0.992. The number of thiazole rings is 1. The van der Waals surface area contributed by atoms with Crippen molar-refractivity contribution in [2.24, 2.45) is 0 Å². The van der Waals surface area contributed by atoms with E-state index in [4.69, 9.17) is 0 Å². The first-order valence-electron chi connectivity index (χ1n) is 3.87. The zero-order valence-electron chi connectivity index (χ0n) is 7.79. The molecule has 1 aromatic heterocycles. The summed E-state index contributed by atoms with van der Waals surface area (Å²) in [5.41, 5.74) is 1.16. The Bertz CT molecular complexity index is 278. The van der Waals surface area contributed by atoms with Crippen LogP contribution in [0.25, 0.3) is 0 Å². The van der Waals surface area contributed by atoms with Gasteiger partial charge in [0.05, 0.1) is 0 Å². The predicted octanol–water partition coefficient (Wildman–Crippen LogP) is 2.46. The first kappa shape index (κ1) is 9.26. The van der Waals surface area contributed by atoms with E-state index in [1.807, 2.05) is 20.2 Å². The monoisotopic (exact) mass is 182 g/mol. The molecule has 1 heterocycles. The van der Waals surface area contributed by atoms with Crippen molar-refractivity contribution in [1.82, 2.24) is 4.98 Å². The van der Waals surface area contributed by atoms with Crippen LogP contribution in [0, 0.1) is 6.92 Å². The van der Waals surface area contributed by atoms with Crippen molar-refractivity contribution in [3.63, 3.8) is 0 Å². The highest BCUT2D eigenvalue weighted by atomic mass is 32.1. The molecule has 0 aliphatic heterocycles. The number of hydrogen-bond donors (Lipinski definition) is 0. The van der Waals surface area contributed by atoms with Crippen molar-refractivity contribution in [2.45, 2.75) is 13.8 Å². The molecule has 3 heteroatoms. The average Bonchev–Trinajstić information content (AvgIpc) is 2.34. The summed E-state index contributed by atoms with van der Waals surface area (Å²) in [5, 5.41) is 1.07. The largest absolute Gasteiger partial charge is 0.347 e. The second-order valence-electron chi connectivity index (χ2n) is 3.07. The summed E-state index contributed by atoms with van der Waals surface area (Å²) in [7, 11) is 2.03. The van der Waals surface area contributed by atoms with Crippen LogP contribution in [-0.4, -0.2) is 18.6 Å².